The van der Waals surface area contributed by atoms with Gasteiger partial charge in [-0.2, -0.15) is 0 Å². The number of amides is 2. The number of likely N-dealkylation sites (tertiary alicyclic amines) is 1. The third kappa shape index (κ3) is 6.98. The van der Waals surface area contributed by atoms with Gasteiger partial charge in [-0.1, -0.05) is 23.7 Å². The number of anilines is 1. The highest BCUT2D eigenvalue weighted by molar-refractivity contribution is 6.33. The Balaban J connectivity index is 1.47. The van der Waals surface area contributed by atoms with Crippen molar-refractivity contribution in [2.45, 2.75) is 25.4 Å². The number of hydrogen-bond acceptors (Lipinski definition) is 6. The number of halogens is 2. The zero-order chi connectivity index (χ0) is 24.7. The van der Waals surface area contributed by atoms with Crippen molar-refractivity contribution in [2.75, 3.05) is 39.0 Å². The lowest BCUT2D eigenvalue weighted by molar-refractivity contribution is 0.0840. The van der Waals surface area contributed by atoms with Crippen molar-refractivity contribution in [2.24, 2.45) is 11.7 Å². The van der Waals surface area contributed by atoms with E-state index >= 15 is 0 Å². The van der Waals surface area contributed by atoms with Crippen molar-refractivity contribution in [3.63, 3.8) is 0 Å². The molecule has 0 aliphatic carbocycles. The minimum atomic E-state index is -0.859. The number of carbonyl (C=O) groups excluding carboxylic acids is 2. The molecule has 1 saturated heterocycles. The van der Waals surface area contributed by atoms with Crippen molar-refractivity contribution in [3.05, 3.63) is 58.4 Å². The van der Waals surface area contributed by atoms with Gasteiger partial charge < -0.3 is 31.2 Å². The summed E-state index contributed by atoms with van der Waals surface area (Å²) >= 11 is 6.06. The number of benzene rings is 2. The van der Waals surface area contributed by atoms with E-state index in [1.165, 1.54) is 31.4 Å². The molecule has 1 aliphatic rings. The summed E-state index contributed by atoms with van der Waals surface area (Å²) in [6, 6.07) is 8.92. The summed E-state index contributed by atoms with van der Waals surface area (Å²) in [7, 11) is 1.48. The normalized spacial score (nSPS) is 15.5. The van der Waals surface area contributed by atoms with Crippen LogP contribution in [0.15, 0.2) is 36.4 Å². The molecular weight excluding hydrogens is 463 g/mol. The Morgan fingerprint density at radius 2 is 1.91 bits per heavy atom. The minimum Gasteiger partial charge on any atom is -0.496 e. The highest BCUT2D eigenvalue weighted by Gasteiger charge is 2.23. The highest BCUT2D eigenvalue weighted by atomic mass is 35.5. The standard InChI is InChI=1S/C24H30ClFN4O4/c1-33-22-13-20(27)19(25)12-18(22)23(31)29-14-15-6-9-30(10-7-15)11-8-21(34-24(28)32)16-2-4-17(26)5-3-16/h2-5,12-13,15,21H,6-11,14,27H2,1H3,(H2,28,32)(H,29,31)/t21-/m1/s1. The van der Waals surface area contributed by atoms with Crippen molar-refractivity contribution in [1.29, 1.82) is 0 Å². The highest BCUT2D eigenvalue weighted by Crippen LogP contribution is 2.29. The second-order valence-corrected chi connectivity index (χ2v) is 8.74. The van der Waals surface area contributed by atoms with Gasteiger partial charge in [0.25, 0.3) is 5.91 Å². The first kappa shape index (κ1) is 25.6. The van der Waals surface area contributed by atoms with E-state index in [2.05, 4.69) is 10.2 Å². The van der Waals surface area contributed by atoms with Gasteiger partial charge in [-0.15, -0.1) is 0 Å². The first-order chi connectivity index (χ1) is 16.3. The number of carbonyl (C=O) groups is 2. The topological polar surface area (TPSA) is 120 Å². The zero-order valence-electron chi connectivity index (χ0n) is 19.1. The van der Waals surface area contributed by atoms with Crippen molar-refractivity contribution in [1.82, 2.24) is 10.2 Å². The molecule has 34 heavy (non-hydrogen) atoms. The van der Waals surface area contributed by atoms with Gasteiger partial charge in [-0.05, 0) is 55.6 Å². The van der Waals surface area contributed by atoms with Gasteiger partial charge in [0, 0.05) is 25.6 Å². The van der Waals surface area contributed by atoms with Gasteiger partial charge in [-0.25, -0.2) is 9.18 Å². The third-order valence-corrected chi connectivity index (χ3v) is 6.36. The Bertz CT molecular complexity index is 997. The first-order valence-corrected chi connectivity index (χ1v) is 11.5. The average Bonchev–Trinajstić information content (AvgIpc) is 2.82. The van der Waals surface area contributed by atoms with E-state index in [0.29, 0.717) is 53.0 Å². The summed E-state index contributed by atoms with van der Waals surface area (Å²) in [5.41, 5.74) is 12.4. The summed E-state index contributed by atoms with van der Waals surface area (Å²) < 4.78 is 23.7. The number of hydrogen-bond donors (Lipinski definition) is 3. The molecule has 1 atom stereocenters. The Labute approximate surface area is 203 Å². The Morgan fingerprint density at radius 1 is 1.24 bits per heavy atom. The van der Waals surface area contributed by atoms with Crippen LogP contribution in [0.3, 0.4) is 0 Å². The predicted octanol–water partition coefficient (Wildman–Crippen LogP) is 3.74. The fourth-order valence-electron chi connectivity index (χ4n) is 4.07. The number of nitrogen functional groups attached to an aromatic ring is 1. The van der Waals surface area contributed by atoms with E-state index in [9.17, 15) is 14.0 Å². The van der Waals surface area contributed by atoms with Crippen LogP contribution in [0.1, 0.15) is 41.3 Å². The lowest BCUT2D eigenvalue weighted by Crippen LogP contribution is -2.39. The fourth-order valence-corrected chi connectivity index (χ4v) is 4.24. The van der Waals surface area contributed by atoms with E-state index in [1.807, 2.05) is 0 Å². The van der Waals surface area contributed by atoms with Crippen LogP contribution in [0.25, 0.3) is 0 Å². The smallest absolute Gasteiger partial charge is 0.405 e. The molecule has 0 aromatic heterocycles. The molecule has 8 nitrogen and oxygen atoms in total. The molecule has 5 N–H and O–H groups in total. The van der Waals surface area contributed by atoms with Gasteiger partial charge in [0.15, 0.2) is 0 Å². The van der Waals surface area contributed by atoms with Crippen LogP contribution in [0.2, 0.25) is 5.02 Å². The number of rotatable bonds is 9. The first-order valence-electron chi connectivity index (χ1n) is 11.1. The molecular formula is C24H30ClFN4O4. The van der Waals surface area contributed by atoms with Gasteiger partial charge in [-0.3, -0.25) is 4.79 Å². The average molecular weight is 493 g/mol. The lowest BCUT2D eigenvalue weighted by atomic mass is 9.96. The second-order valence-electron chi connectivity index (χ2n) is 8.33. The molecule has 10 heteroatoms. The summed E-state index contributed by atoms with van der Waals surface area (Å²) in [6.07, 6.45) is 0.989. The van der Waals surface area contributed by atoms with E-state index < -0.39 is 12.2 Å². The van der Waals surface area contributed by atoms with Crippen molar-refractivity contribution >= 4 is 29.3 Å². The van der Waals surface area contributed by atoms with Crippen LogP contribution in [-0.4, -0.2) is 50.2 Å². The maximum Gasteiger partial charge on any atom is 0.405 e. The van der Waals surface area contributed by atoms with E-state index in [0.717, 1.165) is 25.9 Å². The molecule has 2 amide bonds. The lowest BCUT2D eigenvalue weighted by Gasteiger charge is -2.32. The molecule has 1 aliphatic heterocycles. The van der Waals surface area contributed by atoms with Crippen LogP contribution in [0, 0.1) is 11.7 Å². The molecule has 0 unspecified atom stereocenters. The quantitative estimate of drug-likeness (QED) is 0.459. The van der Waals surface area contributed by atoms with Crippen LogP contribution in [-0.2, 0) is 4.74 Å². The monoisotopic (exact) mass is 492 g/mol. The second kappa shape index (κ2) is 11.9. The largest absolute Gasteiger partial charge is 0.496 e. The predicted molar refractivity (Wildman–Crippen MR) is 128 cm³/mol. The van der Waals surface area contributed by atoms with Crippen LogP contribution in [0.4, 0.5) is 14.9 Å². The minimum absolute atomic E-state index is 0.257. The molecule has 2 aromatic carbocycles. The number of nitrogens with two attached hydrogens (primary N) is 2. The molecule has 1 heterocycles. The summed E-state index contributed by atoms with van der Waals surface area (Å²) in [4.78, 5) is 26.2. The third-order valence-electron chi connectivity index (χ3n) is 6.03. The Morgan fingerprint density at radius 3 is 2.53 bits per heavy atom. The molecule has 1 fully saturated rings. The SMILES string of the molecule is COc1cc(N)c(Cl)cc1C(=O)NCC1CCN(CC[C@@H](OC(N)=O)c2ccc(F)cc2)CC1. The molecule has 3 rings (SSSR count). The van der Waals surface area contributed by atoms with Gasteiger partial charge in [0.1, 0.15) is 17.7 Å². The molecule has 184 valence electrons. The maximum atomic E-state index is 13.2. The van der Waals surface area contributed by atoms with Gasteiger partial charge in [0.05, 0.1) is 23.4 Å². The van der Waals surface area contributed by atoms with Crippen LogP contribution >= 0.6 is 11.6 Å². The molecule has 0 bridgehead atoms. The van der Waals surface area contributed by atoms with Crippen molar-refractivity contribution in [3.8, 4) is 5.75 Å². The zero-order valence-corrected chi connectivity index (χ0v) is 19.8. The Hall–Kier alpha value is -3.04. The van der Waals surface area contributed by atoms with Crippen molar-refractivity contribution < 1.29 is 23.5 Å². The summed E-state index contributed by atoms with van der Waals surface area (Å²) in [5.74, 6) is 0.105. The van der Waals surface area contributed by atoms with Gasteiger partial charge >= 0.3 is 6.09 Å². The number of ether oxygens (including phenoxy) is 2. The fraction of sp³-hybridized carbons (Fsp3) is 0.417. The van der Waals surface area contributed by atoms with Crippen LogP contribution < -0.4 is 21.5 Å². The Kier molecular flexibility index (Phi) is 8.95. The van der Waals surface area contributed by atoms with E-state index in [1.54, 1.807) is 12.1 Å². The number of nitrogens with one attached hydrogen (secondary N) is 1. The molecule has 0 saturated carbocycles. The molecule has 0 radical (unpaired) electrons. The summed E-state index contributed by atoms with van der Waals surface area (Å²) in [5, 5.41) is 3.27. The summed E-state index contributed by atoms with van der Waals surface area (Å²) in [6.45, 7) is 2.95. The number of methoxy groups -OCH3 is 1. The van der Waals surface area contributed by atoms with E-state index in [-0.39, 0.29) is 11.7 Å². The number of nitrogens with zero attached hydrogens (tertiary/aromatic N) is 1. The molecule has 2 aromatic rings. The number of primary amides is 1. The van der Waals surface area contributed by atoms with E-state index in [4.69, 9.17) is 32.5 Å². The maximum absolute atomic E-state index is 13.2. The van der Waals surface area contributed by atoms with Crippen LogP contribution in [0.5, 0.6) is 5.75 Å². The van der Waals surface area contributed by atoms with Gasteiger partial charge in [0.2, 0.25) is 0 Å². The number of piperidine rings is 1. The molecule has 0 spiro atoms.